The molecule has 0 spiro atoms. The molecule has 166 valence electrons. The first-order valence-electron chi connectivity index (χ1n) is 11.3. The third-order valence-corrected chi connectivity index (χ3v) is 6.14. The Kier molecular flexibility index (Phi) is 5.85. The highest BCUT2D eigenvalue weighted by Gasteiger charge is 2.18. The largest absolute Gasteiger partial charge is 0.484 e. The molecule has 0 saturated heterocycles. The van der Waals surface area contributed by atoms with Crippen LogP contribution in [0.4, 0.5) is 0 Å². The molecule has 0 fully saturated rings. The normalized spacial score (nSPS) is 11.2. The minimum atomic E-state index is -0.0466. The fourth-order valence-electron chi connectivity index (χ4n) is 4.28. The van der Waals surface area contributed by atoms with E-state index < -0.39 is 0 Å². The van der Waals surface area contributed by atoms with Crippen LogP contribution in [-0.4, -0.2) is 27.4 Å². The SMILES string of the molecule is CCc1ccc(OCC(=O)N(Cc2cccc3[nH]ccc23)Cc2cccc3[nH]ccc23)cc1. The summed E-state index contributed by atoms with van der Waals surface area (Å²) < 4.78 is 5.87. The lowest BCUT2D eigenvalue weighted by Crippen LogP contribution is -2.34. The van der Waals surface area contributed by atoms with Crippen molar-refractivity contribution < 1.29 is 9.53 Å². The molecule has 5 aromatic rings. The molecule has 33 heavy (non-hydrogen) atoms. The van der Waals surface area contributed by atoms with E-state index in [9.17, 15) is 4.79 Å². The summed E-state index contributed by atoms with van der Waals surface area (Å²) in [6.45, 7) is 3.13. The van der Waals surface area contributed by atoms with Crippen molar-refractivity contribution >= 4 is 27.7 Å². The van der Waals surface area contributed by atoms with Gasteiger partial charge in [-0.05, 0) is 59.5 Å². The number of aryl methyl sites for hydroxylation is 1. The Morgan fingerprint density at radius 1 is 0.788 bits per heavy atom. The number of nitrogens with one attached hydrogen (secondary N) is 2. The third kappa shape index (κ3) is 4.48. The number of rotatable bonds is 8. The smallest absolute Gasteiger partial charge is 0.261 e. The van der Waals surface area contributed by atoms with Crippen molar-refractivity contribution in [3.05, 3.63) is 102 Å². The van der Waals surface area contributed by atoms with Crippen LogP contribution in [0.2, 0.25) is 0 Å². The second-order valence-electron chi connectivity index (χ2n) is 8.25. The van der Waals surface area contributed by atoms with Crippen LogP contribution in [0.15, 0.2) is 85.2 Å². The summed E-state index contributed by atoms with van der Waals surface area (Å²) in [6, 6.07) is 24.4. The van der Waals surface area contributed by atoms with E-state index in [0.29, 0.717) is 18.8 Å². The number of aromatic nitrogens is 2. The first kappa shape index (κ1) is 20.9. The highest BCUT2D eigenvalue weighted by atomic mass is 16.5. The molecule has 1 amide bonds. The van der Waals surface area contributed by atoms with Crippen LogP contribution in [-0.2, 0) is 24.3 Å². The second-order valence-corrected chi connectivity index (χ2v) is 8.25. The van der Waals surface area contributed by atoms with Crippen LogP contribution in [0.3, 0.4) is 0 Å². The van der Waals surface area contributed by atoms with Crippen LogP contribution in [0, 0.1) is 0 Å². The van der Waals surface area contributed by atoms with E-state index in [2.05, 4.69) is 53.3 Å². The number of amides is 1. The number of nitrogens with zero attached hydrogens (tertiary/aromatic N) is 1. The summed E-state index contributed by atoms with van der Waals surface area (Å²) in [5.74, 6) is 0.663. The quantitative estimate of drug-likeness (QED) is 0.321. The van der Waals surface area contributed by atoms with Crippen LogP contribution in [0.1, 0.15) is 23.6 Å². The molecule has 3 aromatic carbocycles. The molecule has 0 aliphatic heterocycles. The van der Waals surface area contributed by atoms with Gasteiger partial charge < -0.3 is 19.6 Å². The molecule has 0 aliphatic carbocycles. The van der Waals surface area contributed by atoms with Crippen molar-refractivity contribution in [2.75, 3.05) is 6.61 Å². The Balaban J connectivity index is 1.40. The predicted molar refractivity (Wildman–Crippen MR) is 132 cm³/mol. The highest BCUT2D eigenvalue weighted by Crippen LogP contribution is 2.23. The summed E-state index contributed by atoms with van der Waals surface area (Å²) in [7, 11) is 0. The zero-order valence-electron chi connectivity index (χ0n) is 18.7. The Morgan fingerprint density at radius 3 is 1.91 bits per heavy atom. The molecular formula is C28H27N3O2. The van der Waals surface area contributed by atoms with Crippen LogP contribution in [0.5, 0.6) is 5.75 Å². The number of hydrogen-bond acceptors (Lipinski definition) is 2. The molecule has 0 bridgehead atoms. The van der Waals surface area contributed by atoms with Gasteiger partial charge in [0.2, 0.25) is 0 Å². The molecule has 0 aliphatic rings. The monoisotopic (exact) mass is 437 g/mol. The number of ether oxygens (including phenoxy) is 1. The zero-order chi connectivity index (χ0) is 22.6. The highest BCUT2D eigenvalue weighted by molar-refractivity contribution is 5.85. The average Bonchev–Trinajstić information content (AvgIpc) is 3.53. The van der Waals surface area contributed by atoms with Gasteiger partial charge in [0.15, 0.2) is 6.61 Å². The maximum atomic E-state index is 13.4. The van der Waals surface area contributed by atoms with E-state index in [1.165, 1.54) is 5.56 Å². The Morgan fingerprint density at radius 2 is 1.36 bits per heavy atom. The van der Waals surface area contributed by atoms with Crippen molar-refractivity contribution in [2.45, 2.75) is 26.4 Å². The lowest BCUT2D eigenvalue weighted by Gasteiger charge is -2.24. The topological polar surface area (TPSA) is 61.1 Å². The van der Waals surface area contributed by atoms with Gasteiger partial charge in [0.05, 0.1) is 0 Å². The van der Waals surface area contributed by atoms with Crippen LogP contribution >= 0.6 is 0 Å². The summed E-state index contributed by atoms with van der Waals surface area (Å²) in [6.07, 6.45) is 4.84. The van der Waals surface area contributed by atoms with Gasteiger partial charge in [-0.3, -0.25) is 4.79 Å². The number of aromatic amines is 2. The summed E-state index contributed by atoms with van der Waals surface area (Å²) in [5.41, 5.74) is 5.60. The number of fused-ring (bicyclic) bond motifs is 2. The van der Waals surface area contributed by atoms with Crippen molar-refractivity contribution in [2.24, 2.45) is 0 Å². The molecule has 5 rings (SSSR count). The maximum absolute atomic E-state index is 13.4. The van der Waals surface area contributed by atoms with Gasteiger partial charge >= 0.3 is 0 Å². The predicted octanol–water partition coefficient (Wildman–Crippen LogP) is 5.82. The fourth-order valence-corrected chi connectivity index (χ4v) is 4.28. The number of carbonyl (C=O) groups excluding carboxylic acids is 1. The van der Waals surface area contributed by atoms with Gasteiger partial charge in [-0.15, -0.1) is 0 Å². The molecule has 0 atom stereocenters. The summed E-state index contributed by atoms with van der Waals surface area (Å²) >= 11 is 0. The Hall–Kier alpha value is -3.99. The number of benzene rings is 3. The minimum Gasteiger partial charge on any atom is -0.484 e. The van der Waals surface area contributed by atoms with Crippen LogP contribution in [0.25, 0.3) is 21.8 Å². The van der Waals surface area contributed by atoms with E-state index in [0.717, 1.165) is 39.4 Å². The molecule has 0 saturated carbocycles. The fraction of sp³-hybridized carbons (Fsp3) is 0.179. The number of hydrogen-bond donors (Lipinski definition) is 2. The first-order valence-corrected chi connectivity index (χ1v) is 11.3. The molecule has 5 nitrogen and oxygen atoms in total. The van der Waals surface area contributed by atoms with Gasteiger partial charge in [-0.2, -0.15) is 0 Å². The molecule has 2 heterocycles. The number of carbonyl (C=O) groups is 1. The third-order valence-electron chi connectivity index (χ3n) is 6.14. The molecule has 0 unspecified atom stereocenters. The molecule has 2 aromatic heterocycles. The molecular weight excluding hydrogens is 410 g/mol. The summed E-state index contributed by atoms with van der Waals surface area (Å²) in [4.78, 5) is 21.8. The van der Waals surface area contributed by atoms with Gasteiger partial charge in [0.1, 0.15) is 5.75 Å². The van der Waals surface area contributed by atoms with E-state index >= 15 is 0 Å². The van der Waals surface area contributed by atoms with E-state index in [1.54, 1.807) is 0 Å². The lowest BCUT2D eigenvalue weighted by molar-refractivity contribution is -0.134. The van der Waals surface area contributed by atoms with E-state index in [1.807, 2.05) is 53.7 Å². The van der Waals surface area contributed by atoms with Gasteiger partial charge in [0.25, 0.3) is 5.91 Å². The number of H-pyrrole nitrogens is 2. The molecule has 5 heteroatoms. The Labute approximate surface area is 193 Å². The van der Waals surface area contributed by atoms with Crippen molar-refractivity contribution in [3.8, 4) is 5.75 Å². The van der Waals surface area contributed by atoms with Crippen molar-refractivity contribution in [3.63, 3.8) is 0 Å². The average molecular weight is 438 g/mol. The first-order chi connectivity index (χ1) is 16.2. The second kappa shape index (κ2) is 9.25. The zero-order valence-corrected chi connectivity index (χ0v) is 18.7. The van der Waals surface area contributed by atoms with E-state index in [4.69, 9.17) is 4.74 Å². The standard InChI is InChI=1S/C28H27N3O2/c1-2-20-9-11-23(12-10-20)33-19-28(32)31(17-21-5-3-7-26-24(21)13-15-29-26)18-22-6-4-8-27-25(22)14-16-30-27/h3-16,29-30H,2,17-19H2,1H3. The lowest BCUT2D eigenvalue weighted by atomic mass is 10.1. The van der Waals surface area contributed by atoms with Crippen molar-refractivity contribution in [1.29, 1.82) is 0 Å². The van der Waals surface area contributed by atoms with Gasteiger partial charge in [0, 0.05) is 47.3 Å². The minimum absolute atomic E-state index is 0.00228. The maximum Gasteiger partial charge on any atom is 0.261 e. The van der Waals surface area contributed by atoms with Crippen LogP contribution < -0.4 is 4.74 Å². The molecule has 2 N–H and O–H groups in total. The van der Waals surface area contributed by atoms with Gasteiger partial charge in [-0.1, -0.05) is 43.3 Å². The van der Waals surface area contributed by atoms with E-state index in [-0.39, 0.29) is 12.5 Å². The van der Waals surface area contributed by atoms with Crippen molar-refractivity contribution in [1.82, 2.24) is 14.9 Å². The molecule has 0 radical (unpaired) electrons. The summed E-state index contributed by atoms with van der Waals surface area (Å²) in [5, 5.41) is 2.26. The Bertz CT molecular complexity index is 1310. The van der Waals surface area contributed by atoms with Gasteiger partial charge in [-0.25, -0.2) is 0 Å².